The number of anilines is 1. The van der Waals surface area contributed by atoms with E-state index in [9.17, 15) is 19.8 Å². The Morgan fingerprint density at radius 1 is 1.20 bits per heavy atom. The molecule has 184 valence electrons. The van der Waals surface area contributed by atoms with Gasteiger partial charge in [-0.3, -0.25) is 4.79 Å². The number of carbonyl (C=O) groups is 2. The van der Waals surface area contributed by atoms with Crippen LogP contribution in [-0.2, 0) is 0 Å². The van der Waals surface area contributed by atoms with E-state index < -0.39 is 5.91 Å². The Balaban J connectivity index is 1.65. The number of aliphatic hydroxyl groups excluding tert-OH is 2. The van der Waals surface area contributed by atoms with Crippen LogP contribution in [0.5, 0.6) is 0 Å². The second-order valence-corrected chi connectivity index (χ2v) is 8.77. The predicted octanol–water partition coefficient (Wildman–Crippen LogP) is 2.98. The molecule has 2 heterocycles. The number of urea groups is 1. The van der Waals surface area contributed by atoms with Crippen LogP contribution in [-0.4, -0.2) is 81.3 Å². The predicted molar refractivity (Wildman–Crippen MR) is 131 cm³/mol. The number of H-pyrrole nitrogens is 1. The lowest BCUT2D eigenvalue weighted by Gasteiger charge is -2.40. The molecule has 2 aromatic rings. The van der Waals surface area contributed by atoms with E-state index >= 15 is 0 Å². The zero-order valence-electron chi connectivity index (χ0n) is 19.5. The summed E-state index contributed by atoms with van der Waals surface area (Å²) in [6.07, 6.45) is 7.70. The van der Waals surface area contributed by atoms with Gasteiger partial charge >= 0.3 is 11.9 Å². The third-order valence-corrected chi connectivity index (χ3v) is 6.46. The monoisotopic (exact) mass is 478 g/mol. The number of aliphatic hydroxyl groups is 2. The van der Waals surface area contributed by atoms with E-state index in [-0.39, 0.29) is 49.9 Å². The van der Waals surface area contributed by atoms with Gasteiger partial charge in [0.15, 0.2) is 0 Å². The van der Waals surface area contributed by atoms with E-state index in [1.165, 1.54) is 11.8 Å². The molecular weight excluding hydrogens is 448 g/mol. The lowest BCUT2D eigenvalue weighted by Crippen LogP contribution is -2.53. The van der Waals surface area contributed by atoms with E-state index in [4.69, 9.17) is 6.57 Å². The van der Waals surface area contributed by atoms with Gasteiger partial charge in [-0.2, -0.15) is 0 Å². The maximum absolute atomic E-state index is 12.8. The number of aromatic amines is 1. The maximum atomic E-state index is 12.8. The van der Waals surface area contributed by atoms with Crippen molar-refractivity contribution in [1.82, 2.24) is 19.8 Å². The maximum Gasteiger partial charge on any atom is 0.320 e. The number of nitrogens with zero attached hydrogens (tertiary/aromatic N) is 4. The van der Waals surface area contributed by atoms with Crippen molar-refractivity contribution in [1.29, 1.82) is 0 Å². The SMILES string of the molecule is [C-]#[N+]c1c[nH]c(C(=O)Nc2ccc(C3CN(CCO)C(=O)N(CCO)C3)cc2C2=CCCCC2)n1. The van der Waals surface area contributed by atoms with Gasteiger partial charge in [0.25, 0.3) is 11.6 Å². The van der Waals surface area contributed by atoms with E-state index in [0.717, 1.165) is 36.8 Å². The molecule has 0 spiro atoms. The second kappa shape index (κ2) is 11.2. The van der Waals surface area contributed by atoms with Gasteiger partial charge in [0.1, 0.15) is 0 Å². The van der Waals surface area contributed by atoms with Crippen LogP contribution in [0.15, 0.2) is 30.5 Å². The zero-order chi connectivity index (χ0) is 24.8. The van der Waals surface area contributed by atoms with Gasteiger partial charge in [0.2, 0.25) is 0 Å². The molecular formula is C25H30N6O4. The van der Waals surface area contributed by atoms with Gasteiger partial charge in [-0.1, -0.05) is 23.7 Å². The number of allylic oxidation sites excluding steroid dienone is 2. The Morgan fingerprint density at radius 2 is 1.94 bits per heavy atom. The van der Waals surface area contributed by atoms with Crippen molar-refractivity contribution in [2.45, 2.75) is 31.6 Å². The summed E-state index contributed by atoms with van der Waals surface area (Å²) in [4.78, 5) is 38.7. The van der Waals surface area contributed by atoms with E-state index in [1.807, 2.05) is 12.1 Å². The highest BCUT2D eigenvalue weighted by Gasteiger charge is 2.32. The van der Waals surface area contributed by atoms with Crippen LogP contribution in [0, 0.1) is 6.57 Å². The molecule has 1 saturated heterocycles. The van der Waals surface area contributed by atoms with Crippen molar-refractivity contribution in [2.24, 2.45) is 0 Å². The lowest BCUT2D eigenvalue weighted by atomic mass is 9.88. The molecule has 3 amide bonds. The topological polar surface area (TPSA) is 126 Å². The number of benzene rings is 1. The quantitative estimate of drug-likeness (QED) is 0.434. The molecule has 35 heavy (non-hydrogen) atoms. The molecule has 1 aromatic heterocycles. The van der Waals surface area contributed by atoms with Gasteiger partial charge in [-0.25, -0.2) is 4.79 Å². The minimum atomic E-state index is -0.420. The molecule has 0 unspecified atom stereocenters. The Morgan fingerprint density at radius 3 is 2.54 bits per heavy atom. The fourth-order valence-electron chi connectivity index (χ4n) is 4.71. The van der Waals surface area contributed by atoms with Crippen molar-refractivity contribution < 1.29 is 19.8 Å². The van der Waals surface area contributed by atoms with Crippen LogP contribution in [0.4, 0.5) is 16.3 Å². The van der Waals surface area contributed by atoms with Crippen LogP contribution in [0.3, 0.4) is 0 Å². The number of amides is 3. The highest BCUT2D eigenvalue weighted by atomic mass is 16.3. The van der Waals surface area contributed by atoms with Crippen molar-refractivity contribution in [3.8, 4) is 0 Å². The van der Waals surface area contributed by atoms with Crippen molar-refractivity contribution >= 4 is 29.0 Å². The number of rotatable bonds is 8. The Kier molecular flexibility index (Phi) is 7.80. The van der Waals surface area contributed by atoms with Crippen LogP contribution < -0.4 is 5.32 Å². The molecule has 1 aromatic carbocycles. The van der Waals surface area contributed by atoms with Gasteiger partial charge in [-0.05, 0) is 49.0 Å². The molecule has 1 fully saturated rings. The summed E-state index contributed by atoms with van der Waals surface area (Å²) in [6.45, 7) is 8.20. The van der Waals surface area contributed by atoms with Crippen LogP contribution in [0.1, 0.15) is 53.3 Å². The molecule has 10 nitrogen and oxygen atoms in total. The first kappa shape index (κ1) is 24.4. The molecule has 0 atom stereocenters. The molecule has 4 rings (SSSR count). The first-order chi connectivity index (χ1) is 17.0. The number of hydrogen-bond donors (Lipinski definition) is 4. The largest absolute Gasteiger partial charge is 0.395 e. The summed E-state index contributed by atoms with van der Waals surface area (Å²) < 4.78 is 0. The van der Waals surface area contributed by atoms with Crippen LogP contribution in [0.25, 0.3) is 10.4 Å². The summed E-state index contributed by atoms with van der Waals surface area (Å²) in [7, 11) is 0. The van der Waals surface area contributed by atoms with E-state index in [2.05, 4.69) is 32.3 Å². The number of nitrogens with one attached hydrogen (secondary N) is 2. The Labute approximate surface area is 204 Å². The number of hydrogen-bond acceptors (Lipinski definition) is 5. The number of carbonyl (C=O) groups excluding carboxylic acids is 2. The lowest BCUT2D eigenvalue weighted by molar-refractivity contribution is 0.0986. The summed E-state index contributed by atoms with van der Waals surface area (Å²) >= 11 is 0. The zero-order valence-corrected chi connectivity index (χ0v) is 19.5. The first-order valence-electron chi connectivity index (χ1n) is 11.9. The molecule has 1 aliphatic heterocycles. The van der Waals surface area contributed by atoms with Gasteiger partial charge in [0, 0.05) is 49.5 Å². The highest BCUT2D eigenvalue weighted by Crippen LogP contribution is 2.35. The molecule has 0 saturated carbocycles. The Bertz CT molecular complexity index is 1130. The molecule has 2 aliphatic rings. The first-order valence-corrected chi connectivity index (χ1v) is 11.9. The summed E-state index contributed by atoms with van der Waals surface area (Å²) in [5.41, 5.74) is 3.79. The summed E-state index contributed by atoms with van der Waals surface area (Å²) in [5.74, 6) is -0.220. The van der Waals surface area contributed by atoms with Crippen molar-refractivity contribution in [3.05, 3.63) is 58.8 Å². The van der Waals surface area contributed by atoms with Crippen LogP contribution in [0.2, 0.25) is 0 Å². The molecule has 1 aliphatic carbocycles. The summed E-state index contributed by atoms with van der Waals surface area (Å²) in [5, 5.41) is 21.8. The average molecular weight is 479 g/mol. The minimum absolute atomic E-state index is 0.00945. The van der Waals surface area contributed by atoms with Gasteiger partial charge in [-0.15, -0.1) is 0 Å². The van der Waals surface area contributed by atoms with Crippen molar-refractivity contribution in [2.75, 3.05) is 44.7 Å². The number of imidazole rings is 1. The number of β-amino-alcohol motifs (C(OH)–C–C–N with tert-alkyl or cyclic N) is 2. The van der Waals surface area contributed by atoms with Crippen LogP contribution >= 0.6 is 0 Å². The molecule has 0 radical (unpaired) electrons. The third kappa shape index (κ3) is 5.53. The molecule has 0 bridgehead atoms. The highest BCUT2D eigenvalue weighted by molar-refractivity contribution is 6.03. The Hall–Kier alpha value is -3.68. The number of aromatic nitrogens is 2. The van der Waals surface area contributed by atoms with E-state index in [1.54, 1.807) is 9.80 Å². The van der Waals surface area contributed by atoms with Gasteiger partial charge < -0.3 is 35.2 Å². The standard InChI is InChI=1S/C25H30N6O4/c1-26-22-14-27-23(29-22)24(34)28-21-8-7-18(13-20(21)17-5-3-2-4-6-17)19-15-30(9-11-32)25(35)31(16-19)10-12-33/h5,7-8,13-14,19,32-33H,2-4,6,9-12,15-16H2,(H,27,29)(H,28,34). The average Bonchev–Trinajstić information content (AvgIpc) is 3.37. The minimum Gasteiger partial charge on any atom is -0.395 e. The summed E-state index contributed by atoms with van der Waals surface area (Å²) in [6, 6.07) is 5.72. The smallest absolute Gasteiger partial charge is 0.320 e. The van der Waals surface area contributed by atoms with Gasteiger partial charge in [0.05, 0.1) is 13.2 Å². The third-order valence-electron chi connectivity index (χ3n) is 6.46. The molecule has 10 heteroatoms. The molecule has 4 N–H and O–H groups in total. The fraction of sp³-hybridized carbons (Fsp3) is 0.440. The normalized spacial score (nSPS) is 16.7. The fourth-order valence-corrected chi connectivity index (χ4v) is 4.71. The van der Waals surface area contributed by atoms with E-state index in [0.29, 0.717) is 18.8 Å². The van der Waals surface area contributed by atoms with Crippen molar-refractivity contribution in [3.63, 3.8) is 0 Å². The second-order valence-electron chi connectivity index (χ2n) is 8.77.